The van der Waals surface area contributed by atoms with Crippen molar-refractivity contribution in [3.8, 4) is 0 Å². The van der Waals surface area contributed by atoms with E-state index in [4.69, 9.17) is 5.11 Å². The number of halogens is 1. The zero-order valence-corrected chi connectivity index (χ0v) is 12.8. The minimum absolute atomic E-state index is 0.00573. The summed E-state index contributed by atoms with van der Waals surface area (Å²) in [6.45, 7) is 2.46. The first-order valence-electron chi connectivity index (χ1n) is 7.74. The molecule has 1 aliphatic heterocycles. The molecular weight excluding hydrogens is 285 g/mol. The van der Waals surface area contributed by atoms with Crippen molar-refractivity contribution >= 4 is 11.9 Å². The average Bonchev–Trinajstić information content (AvgIpc) is 2.92. The highest BCUT2D eigenvalue weighted by atomic mass is 19.1. The van der Waals surface area contributed by atoms with E-state index in [-0.39, 0.29) is 30.1 Å². The number of carboxylic acids is 1. The summed E-state index contributed by atoms with van der Waals surface area (Å²) in [6, 6.07) is 6.39. The molecule has 1 aromatic carbocycles. The zero-order valence-electron chi connectivity index (χ0n) is 12.8. The molecule has 1 saturated heterocycles. The second kappa shape index (κ2) is 7.38. The highest BCUT2D eigenvalue weighted by Gasteiger charge is 2.32. The molecule has 5 heteroatoms. The summed E-state index contributed by atoms with van der Waals surface area (Å²) in [5.41, 5.74) is 0.616. The Bertz CT molecular complexity index is 546. The molecule has 2 atom stereocenters. The van der Waals surface area contributed by atoms with Gasteiger partial charge in [0.25, 0.3) is 0 Å². The second-order valence-corrected chi connectivity index (χ2v) is 5.96. The topological polar surface area (TPSA) is 57.6 Å². The SMILES string of the molecule is CC(CCc1ccccc1F)C(=O)N1CCCC1CC(=O)O. The Morgan fingerprint density at radius 1 is 1.41 bits per heavy atom. The molecule has 2 rings (SSSR count). The summed E-state index contributed by atoms with van der Waals surface area (Å²) >= 11 is 0. The Morgan fingerprint density at radius 2 is 2.14 bits per heavy atom. The van der Waals surface area contributed by atoms with Crippen LogP contribution >= 0.6 is 0 Å². The number of hydrogen-bond donors (Lipinski definition) is 1. The number of rotatable bonds is 6. The van der Waals surface area contributed by atoms with E-state index in [1.54, 1.807) is 23.1 Å². The number of amides is 1. The molecule has 120 valence electrons. The van der Waals surface area contributed by atoms with Crippen molar-refractivity contribution in [1.82, 2.24) is 4.90 Å². The van der Waals surface area contributed by atoms with E-state index in [1.807, 2.05) is 6.92 Å². The molecular formula is C17H22FNO3. The van der Waals surface area contributed by atoms with E-state index >= 15 is 0 Å². The molecule has 0 bridgehead atoms. The molecule has 1 amide bonds. The quantitative estimate of drug-likeness (QED) is 0.879. The van der Waals surface area contributed by atoms with Crippen LogP contribution in [0.1, 0.15) is 38.2 Å². The average molecular weight is 307 g/mol. The van der Waals surface area contributed by atoms with E-state index in [0.717, 1.165) is 12.8 Å². The minimum atomic E-state index is -0.872. The van der Waals surface area contributed by atoms with E-state index < -0.39 is 5.97 Å². The maximum atomic E-state index is 13.6. The van der Waals surface area contributed by atoms with Gasteiger partial charge in [-0.15, -0.1) is 0 Å². The fraction of sp³-hybridized carbons (Fsp3) is 0.529. The first-order chi connectivity index (χ1) is 10.5. The van der Waals surface area contributed by atoms with Crippen molar-refractivity contribution in [1.29, 1.82) is 0 Å². The number of aryl methyl sites for hydroxylation is 1. The Kier molecular flexibility index (Phi) is 5.52. The molecule has 0 spiro atoms. The van der Waals surface area contributed by atoms with Gasteiger partial charge in [-0.3, -0.25) is 9.59 Å². The monoisotopic (exact) mass is 307 g/mol. The summed E-state index contributed by atoms with van der Waals surface area (Å²) in [4.78, 5) is 25.0. The lowest BCUT2D eigenvalue weighted by atomic mass is 9.99. The van der Waals surface area contributed by atoms with Crippen LogP contribution in [-0.2, 0) is 16.0 Å². The van der Waals surface area contributed by atoms with Crippen LogP contribution in [-0.4, -0.2) is 34.5 Å². The van der Waals surface area contributed by atoms with Gasteiger partial charge in [-0.05, 0) is 37.3 Å². The number of carbonyl (C=O) groups excluding carboxylic acids is 1. The number of likely N-dealkylation sites (tertiary alicyclic amines) is 1. The van der Waals surface area contributed by atoms with Gasteiger partial charge in [0, 0.05) is 18.5 Å². The molecule has 1 fully saturated rings. The number of carbonyl (C=O) groups is 2. The normalized spacial score (nSPS) is 19.2. The zero-order chi connectivity index (χ0) is 16.1. The van der Waals surface area contributed by atoms with Gasteiger partial charge in [-0.2, -0.15) is 0 Å². The van der Waals surface area contributed by atoms with Crippen molar-refractivity contribution < 1.29 is 19.1 Å². The van der Waals surface area contributed by atoms with Crippen LogP contribution in [0.4, 0.5) is 4.39 Å². The van der Waals surface area contributed by atoms with E-state index in [2.05, 4.69) is 0 Å². The van der Waals surface area contributed by atoms with Crippen molar-refractivity contribution in [2.75, 3.05) is 6.54 Å². The first-order valence-corrected chi connectivity index (χ1v) is 7.74. The van der Waals surface area contributed by atoms with E-state index in [0.29, 0.717) is 24.9 Å². The molecule has 1 heterocycles. The van der Waals surface area contributed by atoms with Crippen LogP contribution in [0.15, 0.2) is 24.3 Å². The third kappa shape index (κ3) is 4.06. The van der Waals surface area contributed by atoms with Crippen molar-refractivity contribution in [3.63, 3.8) is 0 Å². The first kappa shape index (κ1) is 16.5. The summed E-state index contributed by atoms with van der Waals surface area (Å²) in [5.74, 6) is -1.36. The summed E-state index contributed by atoms with van der Waals surface area (Å²) in [7, 11) is 0. The molecule has 4 nitrogen and oxygen atoms in total. The van der Waals surface area contributed by atoms with Gasteiger partial charge >= 0.3 is 5.97 Å². The van der Waals surface area contributed by atoms with Crippen LogP contribution in [0.25, 0.3) is 0 Å². The number of nitrogens with zero attached hydrogens (tertiary/aromatic N) is 1. The predicted molar refractivity (Wildman–Crippen MR) is 80.9 cm³/mol. The predicted octanol–water partition coefficient (Wildman–Crippen LogP) is 2.86. The van der Waals surface area contributed by atoms with Gasteiger partial charge in [0.05, 0.1) is 6.42 Å². The lowest BCUT2D eigenvalue weighted by molar-refractivity contribution is -0.141. The molecule has 0 aromatic heterocycles. The van der Waals surface area contributed by atoms with Crippen LogP contribution in [0.3, 0.4) is 0 Å². The molecule has 22 heavy (non-hydrogen) atoms. The van der Waals surface area contributed by atoms with E-state index in [1.165, 1.54) is 6.07 Å². The molecule has 1 aliphatic rings. The van der Waals surface area contributed by atoms with Gasteiger partial charge in [-0.25, -0.2) is 4.39 Å². The van der Waals surface area contributed by atoms with Crippen LogP contribution in [0.5, 0.6) is 0 Å². The summed E-state index contributed by atoms with van der Waals surface area (Å²) < 4.78 is 13.6. The number of hydrogen-bond acceptors (Lipinski definition) is 2. The van der Waals surface area contributed by atoms with Crippen LogP contribution < -0.4 is 0 Å². The standard InChI is InChI=1S/C17H22FNO3/c1-12(8-9-13-5-2-3-7-15(13)18)17(22)19-10-4-6-14(19)11-16(20)21/h2-3,5,7,12,14H,4,6,8-11H2,1H3,(H,20,21). The van der Waals surface area contributed by atoms with Gasteiger partial charge in [0.1, 0.15) is 5.82 Å². The Morgan fingerprint density at radius 3 is 2.82 bits per heavy atom. The minimum Gasteiger partial charge on any atom is -0.481 e. The second-order valence-electron chi connectivity index (χ2n) is 5.96. The molecule has 0 radical (unpaired) electrons. The number of aliphatic carboxylic acids is 1. The van der Waals surface area contributed by atoms with Crippen molar-refractivity contribution in [3.05, 3.63) is 35.6 Å². The van der Waals surface area contributed by atoms with Crippen LogP contribution in [0.2, 0.25) is 0 Å². The summed E-state index contributed by atoms with van der Waals surface area (Å²) in [6.07, 6.45) is 2.68. The highest BCUT2D eigenvalue weighted by Crippen LogP contribution is 2.24. The largest absolute Gasteiger partial charge is 0.481 e. The van der Waals surface area contributed by atoms with E-state index in [9.17, 15) is 14.0 Å². The number of carboxylic acid groups (broad SMARTS) is 1. The fourth-order valence-corrected chi connectivity index (χ4v) is 3.02. The third-order valence-electron chi connectivity index (χ3n) is 4.30. The molecule has 1 aromatic rings. The maximum Gasteiger partial charge on any atom is 0.305 e. The van der Waals surface area contributed by atoms with Gasteiger partial charge in [0.15, 0.2) is 0 Å². The smallest absolute Gasteiger partial charge is 0.305 e. The Balaban J connectivity index is 1.91. The highest BCUT2D eigenvalue weighted by molar-refractivity contribution is 5.80. The third-order valence-corrected chi connectivity index (χ3v) is 4.30. The molecule has 0 aliphatic carbocycles. The fourth-order valence-electron chi connectivity index (χ4n) is 3.02. The molecule has 2 unspecified atom stereocenters. The Labute approximate surface area is 129 Å². The van der Waals surface area contributed by atoms with Gasteiger partial charge < -0.3 is 10.0 Å². The van der Waals surface area contributed by atoms with Gasteiger partial charge in [-0.1, -0.05) is 25.1 Å². The van der Waals surface area contributed by atoms with Crippen molar-refractivity contribution in [2.45, 2.75) is 45.1 Å². The Hall–Kier alpha value is -1.91. The molecule has 0 saturated carbocycles. The lowest BCUT2D eigenvalue weighted by Crippen LogP contribution is -2.40. The van der Waals surface area contributed by atoms with Crippen molar-refractivity contribution in [2.24, 2.45) is 5.92 Å². The lowest BCUT2D eigenvalue weighted by Gasteiger charge is -2.26. The maximum absolute atomic E-state index is 13.6. The van der Waals surface area contributed by atoms with Gasteiger partial charge in [0.2, 0.25) is 5.91 Å². The summed E-state index contributed by atoms with van der Waals surface area (Å²) in [5, 5.41) is 8.91. The van der Waals surface area contributed by atoms with Crippen LogP contribution in [0, 0.1) is 11.7 Å². The number of benzene rings is 1. The molecule has 1 N–H and O–H groups in total.